The van der Waals surface area contributed by atoms with Crippen molar-refractivity contribution < 1.29 is 24.0 Å². The number of carbonyl (C=O) groups is 2. The first kappa shape index (κ1) is 29.7. The third-order valence-electron chi connectivity index (χ3n) is 7.41. The molecule has 0 aromatic heterocycles. The second-order valence-electron chi connectivity index (χ2n) is 10.0. The number of hydrogen-bond donors (Lipinski definition) is 2. The summed E-state index contributed by atoms with van der Waals surface area (Å²) < 4.78 is 10.5. The van der Waals surface area contributed by atoms with Crippen LogP contribution in [0, 0.1) is 10.1 Å². The van der Waals surface area contributed by atoms with Gasteiger partial charge >= 0.3 is 0 Å². The van der Waals surface area contributed by atoms with E-state index in [0.29, 0.717) is 75.2 Å². The van der Waals surface area contributed by atoms with Crippen molar-refractivity contribution in [2.24, 2.45) is 0 Å². The molecule has 0 aliphatic carbocycles. The lowest BCUT2D eigenvalue weighted by molar-refractivity contribution is -0.384. The Morgan fingerprint density at radius 3 is 2.16 bits per heavy atom. The smallest absolute Gasteiger partial charge is 0.293 e. The zero-order valence-corrected chi connectivity index (χ0v) is 24.5. The summed E-state index contributed by atoms with van der Waals surface area (Å²) in [7, 11) is 1.59. The summed E-state index contributed by atoms with van der Waals surface area (Å²) >= 11 is 5.32. The van der Waals surface area contributed by atoms with Crippen molar-refractivity contribution in [2.75, 3.05) is 74.7 Å². The number of benzene rings is 3. The van der Waals surface area contributed by atoms with E-state index in [0.717, 1.165) is 5.69 Å². The number of nitro groups is 1. The van der Waals surface area contributed by atoms with Crippen molar-refractivity contribution >= 4 is 51.9 Å². The summed E-state index contributed by atoms with van der Waals surface area (Å²) in [5.74, 6) is 0.163. The maximum Gasteiger partial charge on any atom is 0.293 e. The Morgan fingerprint density at radius 1 is 0.884 bits per heavy atom. The van der Waals surface area contributed by atoms with E-state index in [1.165, 1.54) is 6.07 Å². The number of hydrogen-bond acceptors (Lipinski definition) is 9. The Bertz CT molecular complexity index is 1490. The maximum absolute atomic E-state index is 12.9. The molecule has 43 heavy (non-hydrogen) atoms. The normalized spacial score (nSPS) is 15.0. The summed E-state index contributed by atoms with van der Waals surface area (Å²) in [4.78, 5) is 42.9. The molecule has 2 saturated heterocycles. The number of anilines is 3. The Kier molecular flexibility index (Phi) is 9.32. The van der Waals surface area contributed by atoms with E-state index in [1.54, 1.807) is 43.5 Å². The molecule has 0 atom stereocenters. The zero-order valence-electron chi connectivity index (χ0n) is 23.7. The van der Waals surface area contributed by atoms with Gasteiger partial charge in [-0.1, -0.05) is 0 Å². The van der Waals surface area contributed by atoms with Crippen molar-refractivity contribution in [3.05, 3.63) is 88.0 Å². The predicted molar refractivity (Wildman–Crippen MR) is 167 cm³/mol. The van der Waals surface area contributed by atoms with Crippen LogP contribution in [0.3, 0.4) is 0 Å². The van der Waals surface area contributed by atoms with Crippen LogP contribution in [-0.2, 0) is 4.74 Å². The fourth-order valence-corrected chi connectivity index (χ4v) is 5.27. The SMILES string of the molecule is COc1ccc(C(=O)N2CCN(c3ccc(NC(=S)NC(=O)c4ccc(N5CCOCC5)c([N+](=O)[O-])c4)cc3)CC2)cc1. The molecule has 3 aromatic rings. The first-order valence-electron chi connectivity index (χ1n) is 13.8. The summed E-state index contributed by atoms with van der Waals surface area (Å²) in [6.45, 7) is 4.66. The molecule has 5 rings (SSSR count). The van der Waals surface area contributed by atoms with Crippen LogP contribution in [-0.4, -0.2) is 86.3 Å². The molecule has 0 saturated carbocycles. The molecule has 0 bridgehead atoms. The lowest BCUT2D eigenvalue weighted by Gasteiger charge is -2.36. The minimum atomic E-state index is -0.548. The molecule has 3 aromatic carbocycles. The molecule has 2 fully saturated rings. The molecule has 2 N–H and O–H groups in total. The topological polar surface area (TPSA) is 130 Å². The molecule has 0 unspecified atom stereocenters. The third kappa shape index (κ3) is 7.19. The molecule has 2 heterocycles. The molecule has 0 radical (unpaired) electrons. The fourth-order valence-electron chi connectivity index (χ4n) is 5.06. The van der Waals surface area contributed by atoms with E-state index in [1.807, 2.05) is 34.1 Å². The Hall–Kier alpha value is -4.75. The van der Waals surface area contributed by atoms with Crippen LogP contribution >= 0.6 is 12.2 Å². The van der Waals surface area contributed by atoms with Crippen LogP contribution in [0.15, 0.2) is 66.7 Å². The first-order chi connectivity index (χ1) is 20.8. The Balaban J connectivity index is 1.13. The van der Waals surface area contributed by atoms with Crippen molar-refractivity contribution in [1.82, 2.24) is 10.2 Å². The van der Waals surface area contributed by atoms with Crippen LogP contribution in [0.1, 0.15) is 20.7 Å². The number of nitrogens with one attached hydrogen (secondary N) is 2. The lowest BCUT2D eigenvalue weighted by atomic mass is 10.1. The molecule has 2 aliphatic rings. The van der Waals surface area contributed by atoms with Crippen LogP contribution < -0.4 is 25.2 Å². The number of thiocarbonyl (C=S) groups is 1. The van der Waals surface area contributed by atoms with Gasteiger partial charge in [-0.15, -0.1) is 0 Å². The van der Waals surface area contributed by atoms with Crippen molar-refractivity contribution in [1.29, 1.82) is 0 Å². The van der Waals surface area contributed by atoms with E-state index in [9.17, 15) is 19.7 Å². The van der Waals surface area contributed by atoms with Crippen molar-refractivity contribution in [3.63, 3.8) is 0 Å². The van der Waals surface area contributed by atoms with Crippen LogP contribution in [0.5, 0.6) is 5.75 Å². The van der Waals surface area contributed by atoms with Gasteiger partial charge in [0.1, 0.15) is 11.4 Å². The molecule has 2 aliphatic heterocycles. The van der Waals surface area contributed by atoms with E-state index in [4.69, 9.17) is 21.7 Å². The quantitative estimate of drug-likeness (QED) is 0.235. The van der Waals surface area contributed by atoms with Crippen LogP contribution in [0.2, 0.25) is 0 Å². The summed E-state index contributed by atoms with van der Waals surface area (Å²) in [5.41, 5.74) is 2.76. The van der Waals surface area contributed by atoms with Gasteiger partial charge in [0, 0.05) is 67.8 Å². The van der Waals surface area contributed by atoms with Gasteiger partial charge in [-0.25, -0.2) is 0 Å². The molecule has 224 valence electrons. The maximum atomic E-state index is 12.9. The molecule has 2 amide bonds. The van der Waals surface area contributed by atoms with Crippen molar-refractivity contribution in [2.45, 2.75) is 0 Å². The summed E-state index contributed by atoms with van der Waals surface area (Å²) in [6.07, 6.45) is 0. The number of methoxy groups -OCH3 is 1. The minimum Gasteiger partial charge on any atom is -0.497 e. The Labute approximate surface area is 254 Å². The third-order valence-corrected chi connectivity index (χ3v) is 7.61. The zero-order chi connectivity index (χ0) is 30.3. The summed E-state index contributed by atoms with van der Waals surface area (Å²) in [6, 6.07) is 19.1. The van der Waals surface area contributed by atoms with Gasteiger partial charge < -0.3 is 29.5 Å². The molecule has 12 nitrogen and oxygen atoms in total. The predicted octanol–water partition coefficient (Wildman–Crippen LogP) is 3.53. The first-order valence-corrected chi connectivity index (χ1v) is 14.2. The van der Waals surface area contributed by atoms with Crippen molar-refractivity contribution in [3.8, 4) is 5.75 Å². The molecule has 13 heteroatoms. The number of piperazine rings is 1. The highest BCUT2D eigenvalue weighted by atomic mass is 32.1. The van der Waals surface area contributed by atoms with Gasteiger partial charge in [-0.2, -0.15) is 0 Å². The van der Waals surface area contributed by atoms with Gasteiger partial charge in [0.25, 0.3) is 17.5 Å². The molecular formula is C30H32N6O6S. The van der Waals surface area contributed by atoms with Crippen LogP contribution in [0.25, 0.3) is 0 Å². The standard InChI is InChI=1S/C30H32N6O6S/c1-41-25-9-2-21(3-10-25)29(38)35-14-12-33(13-15-35)24-7-5-23(6-8-24)31-30(43)32-28(37)22-4-11-26(27(20-22)36(39)40)34-16-18-42-19-17-34/h2-11,20H,12-19H2,1H3,(H2,31,32,37,43). The van der Waals surface area contributed by atoms with Gasteiger partial charge in [0.05, 0.1) is 25.2 Å². The molecule has 0 spiro atoms. The van der Waals surface area contributed by atoms with Gasteiger partial charge in [0.15, 0.2) is 5.11 Å². The number of rotatable bonds is 7. The average molecular weight is 605 g/mol. The summed E-state index contributed by atoms with van der Waals surface area (Å²) in [5, 5.41) is 17.4. The van der Waals surface area contributed by atoms with Gasteiger partial charge in [-0.3, -0.25) is 25.0 Å². The molecular weight excluding hydrogens is 572 g/mol. The number of nitro benzene ring substituents is 1. The second-order valence-corrected chi connectivity index (χ2v) is 10.4. The largest absolute Gasteiger partial charge is 0.497 e. The van der Waals surface area contributed by atoms with E-state index in [2.05, 4.69) is 15.5 Å². The monoisotopic (exact) mass is 604 g/mol. The highest BCUT2D eigenvalue weighted by Gasteiger charge is 2.24. The van der Waals surface area contributed by atoms with Crippen LogP contribution in [0.4, 0.5) is 22.7 Å². The van der Waals surface area contributed by atoms with E-state index < -0.39 is 10.8 Å². The number of morpholine rings is 1. The highest BCUT2D eigenvalue weighted by molar-refractivity contribution is 7.80. The number of amides is 2. The van der Waals surface area contributed by atoms with Gasteiger partial charge in [0.2, 0.25) is 0 Å². The fraction of sp³-hybridized carbons (Fsp3) is 0.300. The number of ether oxygens (including phenoxy) is 2. The lowest BCUT2D eigenvalue weighted by Crippen LogP contribution is -2.48. The average Bonchev–Trinajstić information content (AvgIpc) is 3.05. The Morgan fingerprint density at radius 2 is 1.53 bits per heavy atom. The number of nitrogens with zero attached hydrogens (tertiary/aromatic N) is 4. The second kappa shape index (κ2) is 13.5. The van der Waals surface area contributed by atoms with E-state index in [-0.39, 0.29) is 22.3 Å². The highest BCUT2D eigenvalue weighted by Crippen LogP contribution is 2.30. The number of carbonyl (C=O) groups excluding carboxylic acids is 2. The van der Waals surface area contributed by atoms with Gasteiger partial charge in [-0.05, 0) is 72.9 Å². The van der Waals surface area contributed by atoms with E-state index >= 15 is 0 Å². The minimum absolute atomic E-state index is 0.0000558.